The number of allylic oxidation sites excluding steroid dienone is 1. The molecule has 0 heterocycles. The van der Waals surface area contributed by atoms with Gasteiger partial charge in [0.05, 0.1) is 0 Å². The monoisotopic (exact) mass is 386 g/mol. The van der Waals surface area contributed by atoms with E-state index in [9.17, 15) is 14.4 Å². The van der Waals surface area contributed by atoms with Crippen LogP contribution in [-0.4, -0.2) is 24.1 Å². The van der Waals surface area contributed by atoms with E-state index < -0.39 is 0 Å². The average molecular weight is 387 g/mol. The molecular formula is C24H34O4. The molecule has 0 spiro atoms. The summed E-state index contributed by atoms with van der Waals surface area (Å²) in [5, 5.41) is 0. The molecule has 28 heavy (non-hydrogen) atoms. The minimum Gasteiger partial charge on any atom is -0.458 e. The molecule has 0 aromatic carbocycles. The van der Waals surface area contributed by atoms with Crippen LogP contribution >= 0.6 is 0 Å². The van der Waals surface area contributed by atoms with Gasteiger partial charge in [-0.25, -0.2) is 0 Å². The lowest BCUT2D eigenvalue weighted by atomic mass is 9.46. The van der Waals surface area contributed by atoms with Crippen LogP contribution in [-0.2, 0) is 19.1 Å². The number of hydrogen-bond acceptors (Lipinski definition) is 4. The van der Waals surface area contributed by atoms with Crippen molar-refractivity contribution in [2.45, 2.75) is 78.6 Å². The Hall–Kier alpha value is -1.45. The highest BCUT2D eigenvalue weighted by Gasteiger charge is 2.60. The number of Topliss-reactive ketones (excluding diaryl/α,β-unsaturated/α-hetero) is 1. The molecule has 4 heteroatoms. The molecule has 3 fully saturated rings. The maximum absolute atomic E-state index is 12.9. The third-order valence-electron chi connectivity index (χ3n) is 9.01. The van der Waals surface area contributed by atoms with Gasteiger partial charge < -0.3 is 4.74 Å². The molecule has 0 radical (unpaired) electrons. The maximum atomic E-state index is 12.9. The smallest absolute Gasteiger partial charge is 0.305 e. The predicted molar refractivity (Wildman–Crippen MR) is 106 cm³/mol. The molecule has 0 aromatic rings. The molecule has 6 atom stereocenters. The van der Waals surface area contributed by atoms with Crippen LogP contribution in [0.1, 0.15) is 78.6 Å². The van der Waals surface area contributed by atoms with Crippen LogP contribution in [0.5, 0.6) is 0 Å². The molecule has 154 valence electrons. The van der Waals surface area contributed by atoms with Crippen LogP contribution in [0.15, 0.2) is 11.6 Å². The first-order chi connectivity index (χ1) is 13.3. The fourth-order valence-electron chi connectivity index (χ4n) is 7.44. The Balaban J connectivity index is 1.52. The molecule has 4 rings (SSSR count). The van der Waals surface area contributed by atoms with Crippen molar-refractivity contribution >= 4 is 17.5 Å². The maximum Gasteiger partial charge on any atom is 0.305 e. The first-order valence-electron chi connectivity index (χ1n) is 11.2. The second kappa shape index (κ2) is 7.11. The molecule has 3 saturated carbocycles. The van der Waals surface area contributed by atoms with Crippen LogP contribution < -0.4 is 0 Å². The van der Waals surface area contributed by atoms with E-state index >= 15 is 0 Å². The van der Waals surface area contributed by atoms with Gasteiger partial charge in [-0.2, -0.15) is 0 Å². The number of carbonyl (C=O) groups excluding carboxylic acids is 3. The molecule has 0 aromatic heterocycles. The summed E-state index contributed by atoms with van der Waals surface area (Å²) in [6.45, 7) is 6.42. The Morgan fingerprint density at radius 3 is 2.61 bits per heavy atom. The van der Waals surface area contributed by atoms with Crippen LogP contribution in [0.2, 0.25) is 0 Å². The number of hydrogen-bond donors (Lipinski definition) is 0. The van der Waals surface area contributed by atoms with E-state index in [1.807, 2.05) is 6.08 Å². The Bertz CT molecular complexity index is 722. The van der Waals surface area contributed by atoms with Gasteiger partial charge in [-0.05, 0) is 79.6 Å². The van der Waals surface area contributed by atoms with E-state index in [4.69, 9.17) is 4.74 Å². The van der Waals surface area contributed by atoms with Gasteiger partial charge in [-0.15, -0.1) is 0 Å². The van der Waals surface area contributed by atoms with Crippen LogP contribution in [0.25, 0.3) is 0 Å². The SMILES string of the molecule is CCC(=O)OCC(=O)C1CCC2C3CCC4=CC(=O)CCC4(C)C3CCC12C. The van der Waals surface area contributed by atoms with Crippen molar-refractivity contribution in [3.8, 4) is 0 Å². The topological polar surface area (TPSA) is 60.4 Å². The zero-order valence-corrected chi connectivity index (χ0v) is 17.6. The summed E-state index contributed by atoms with van der Waals surface area (Å²) in [6.07, 6.45) is 10.4. The Labute approximate surface area is 168 Å². The summed E-state index contributed by atoms with van der Waals surface area (Å²) in [5.41, 5.74) is 1.61. The van der Waals surface area contributed by atoms with E-state index in [-0.39, 0.29) is 35.1 Å². The van der Waals surface area contributed by atoms with Gasteiger partial charge in [0.1, 0.15) is 6.61 Å². The summed E-state index contributed by atoms with van der Waals surface area (Å²) in [7, 11) is 0. The minimum absolute atomic E-state index is 0.0285. The fourth-order valence-corrected chi connectivity index (χ4v) is 7.44. The minimum atomic E-state index is -0.289. The first-order valence-corrected chi connectivity index (χ1v) is 11.2. The summed E-state index contributed by atoms with van der Waals surface area (Å²) >= 11 is 0. The Morgan fingerprint density at radius 1 is 1.07 bits per heavy atom. The van der Waals surface area contributed by atoms with Crippen molar-refractivity contribution in [2.24, 2.45) is 34.5 Å². The molecule has 0 bridgehead atoms. The van der Waals surface area contributed by atoms with Gasteiger partial charge in [0.15, 0.2) is 11.6 Å². The van der Waals surface area contributed by atoms with E-state index in [2.05, 4.69) is 13.8 Å². The predicted octanol–water partition coefficient (Wildman–Crippen LogP) is 4.66. The molecule has 0 saturated heterocycles. The summed E-state index contributed by atoms with van der Waals surface area (Å²) < 4.78 is 5.17. The van der Waals surface area contributed by atoms with Crippen LogP contribution in [0, 0.1) is 34.5 Å². The zero-order chi connectivity index (χ0) is 20.1. The Kier molecular flexibility index (Phi) is 5.04. The largest absolute Gasteiger partial charge is 0.458 e. The van der Waals surface area contributed by atoms with Crippen molar-refractivity contribution < 1.29 is 19.1 Å². The fraction of sp³-hybridized carbons (Fsp3) is 0.792. The molecule has 0 N–H and O–H groups in total. The van der Waals surface area contributed by atoms with E-state index in [1.54, 1.807) is 6.92 Å². The molecule has 4 aliphatic carbocycles. The van der Waals surface area contributed by atoms with Crippen molar-refractivity contribution in [1.82, 2.24) is 0 Å². The highest BCUT2D eigenvalue weighted by Crippen LogP contribution is 2.66. The van der Waals surface area contributed by atoms with E-state index in [0.29, 0.717) is 36.4 Å². The zero-order valence-electron chi connectivity index (χ0n) is 17.6. The number of ketones is 2. The highest BCUT2D eigenvalue weighted by atomic mass is 16.5. The molecule has 0 amide bonds. The molecule has 6 unspecified atom stereocenters. The highest BCUT2D eigenvalue weighted by molar-refractivity contribution is 5.91. The van der Waals surface area contributed by atoms with Crippen LogP contribution in [0.4, 0.5) is 0 Å². The number of ether oxygens (including phenoxy) is 1. The van der Waals surface area contributed by atoms with Gasteiger partial charge in [0.2, 0.25) is 0 Å². The van der Waals surface area contributed by atoms with Gasteiger partial charge in [0.25, 0.3) is 0 Å². The van der Waals surface area contributed by atoms with Gasteiger partial charge in [-0.3, -0.25) is 14.4 Å². The number of rotatable bonds is 4. The standard InChI is InChI=1S/C24H34O4/c1-4-22(27)28-14-21(26)20-8-7-18-17-6-5-15-13-16(25)9-11-23(15,2)19(17)10-12-24(18,20)3/h13,17-20H,4-12,14H2,1-3H3. The third-order valence-corrected chi connectivity index (χ3v) is 9.01. The first kappa shape index (κ1) is 19.8. The Morgan fingerprint density at radius 2 is 1.86 bits per heavy atom. The van der Waals surface area contributed by atoms with Gasteiger partial charge in [-0.1, -0.05) is 26.3 Å². The summed E-state index contributed by atoms with van der Waals surface area (Å²) in [4.78, 5) is 36.3. The van der Waals surface area contributed by atoms with E-state index in [0.717, 1.165) is 44.9 Å². The van der Waals surface area contributed by atoms with Crippen LogP contribution in [0.3, 0.4) is 0 Å². The lowest BCUT2D eigenvalue weighted by Crippen LogP contribution is -2.51. The second-order valence-corrected chi connectivity index (χ2v) is 10.1. The third kappa shape index (κ3) is 2.98. The van der Waals surface area contributed by atoms with Gasteiger partial charge >= 0.3 is 5.97 Å². The van der Waals surface area contributed by atoms with Crippen molar-refractivity contribution in [2.75, 3.05) is 6.61 Å². The number of esters is 1. The molecule has 4 aliphatic rings. The normalized spacial score (nSPS) is 42.1. The van der Waals surface area contributed by atoms with Crippen molar-refractivity contribution in [3.63, 3.8) is 0 Å². The molecule has 0 aliphatic heterocycles. The number of fused-ring (bicyclic) bond motifs is 5. The lowest BCUT2D eigenvalue weighted by molar-refractivity contribution is -0.150. The van der Waals surface area contributed by atoms with Crippen molar-refractivity contribution in [1.29, 1.82) is 0 Å². The summed E-state index contributed by atoms with van der Waals surface area (Å²) in [6, 6.07) is 0. The second-order valence-electron chi connectivity index (χ2n) is 10.1. The molecular weight excluding hydrogens is 352 g/mol. The quantitative estimate of drug-likeness (QED) is 0.660. The summed E-state index contributed by atoms with van der Waals surface area (Å²) in [5.74, 6) is 2.05. The van der Waals surface area contributed by atoms with E-state index in [1.165, 1.54) is 5.57 Å². The van der Waals surface area contributed by atoms with Gasteiger partial charge in [0, 0.05) is 18.8 Å². The average Bonchev–Trinajstić information content (AvgIpc) is 3.03. The lowest BCUT2D eigenvalue weighted by Gasteiger charge is -2.58. The molecule has 4 nitrogen and oxygen atoms in total. The van der Waals surface area contributed by atoms with Crippen molar-refractivity contribution in [3.05, 3.63) is 11.6 Å². The number of carbonyl (C=O) groups is 3.